The minimum Gasteiger partial charge on any atom is -0.497 e. The first kappa shape index (κ1) is 19.1. The van der Waals surface area contributed by atoms with E-state index in [-0.39, 0.29) is 18.0 Å². The number of methoxy groups -OCH3 is 1. The molecule has 4 nitrogen and oxygen atoms in total. The van der Waals surface area contributed by atoms with Gasteiger partial charge in [0.05, 0.1) is 19.7 Å². The van der Waals surface area contributed by atoms with Gasteiger partial charge in [-0.3, -0.25) is 0 Å². The van der Waals surface area contributed by atoms with Gasteiger partial charge in [0.15, 0.2) is 0 Å². The highest BCUT2D eigenvalue weighted by Crippen LogP contribution is 2.32. The van der Waals surface area contributed by atoms with Gasteiger partial charge in [-0.15, -0.1) is 0 Å². The molecule has 0 saturated carbocycles. The molecule has 0 aromatic heterocycles. The summed E-state index contributed by atoms with van der Waals surface area (Å²) < 4.78 is 24.7. The predicted octanol–water partition coefficient (Wildman–Crippen LogP) is 4.35. The van der Waals surface area contributed by atoms with Crippen LogP contribution < -0.4 is 14.4 Å². The van der Waals surface area contributed by atoms with Crippen LogP contribution in [0.25, 0.3) is 0 Å². The lowest BCUT2D eigenvalue weighted by Gasteiger charge is -2.50. The third kappa shape index (κ3) is 4.41. The molecule has 2 aliphatic heterocycles. The summed E-state index contributed by atoms with van der Waals surface area (Å²) in [5, 5.41) is 0. The van der Waals surface area contributed by atoms with Crippen molar-refractivity contribution in [2.45, 2.75) is 37.8 Å². The van der Waals surface area contributed by atoms with Crippen molar-refractivity contribution in [3.63, 3.8) is 0 Å². The van der Waals surface area contributed by atoms with Gasteiger partial charge in [0, 0.05) is 12.2 Å². The quantitative estimate of drug-likeness (QED) is 0.739. The lowest BCUT2D eigenvalue weighted by atomic mass is 9.96. The van der Waals surface area contributed by atoms with Crippen LogP contribution in [0.1, 0.15) is 25.7 Å². The summed E-state index contributed by atoms with van der Waals surface area (Å²) in [6, 6.07) is 14.9. The maximum absolute atomic E-state index is 13.2. The zero-order valence-corrected chi connectivity index (χ0v) is 16.5. The molecule has 2 aliphatic rings. The highest BCUT2D eigenvalue weighted by molar-refractivity contribution is 5.53. The summed E-state index contributed by atoms with van der Waals surface area (Å²) in [5.41, 5.74) is 1.19. The van der Waals surface area contributed by atoms with E-state index >= 15 is 0 Å². The highest BCUT2D eigenvalue weighted by atomic mass is 19.1. The van der Waals surface area contributed by atoms with E-state index in [1.165, 1.54) is 43.5 Å². The molecule has 2 atom stereocenters. The summed E-state index contributed by atoms with van der Waals surface area (Å²) in [4.78, 5) is 4.99. The van der Waals surface area contributed by atoms with Crippen molar-refractivity contribution in [3.8, 4) is 11.5 Å². The molecule has 0 radical (unpaired) electrons. The van der Waals surface area contributed by atoms with E-state index in [0.717, 1.165) is 37.7 Å². The fraction of sp³-hybridized carbons (Fsp3) is 0.478. The van der Waals surface area contributed by atoms with Gasteiger partial charge in [0.2, 0.25) is 0 Å². The molecule has 0 unspecified atom stereocenters. The molecular weight excluding hydrogens is 355 g/mol. The van der Waals surface area contributed by atoms with E-state index in [1.807, 2.05) is 12.1 Å². The summed E-state index contributed by atoms with van der Waals surface area (Å²) >= 11 is 0. The molecule has 0 spiro atoms. The third-order valence-corrected chi connectivity index (χ3v) is 5.86. The second-order valence-corrected chi connectivity index (χ2v) is 7.74. The number of likely N-dealkylation sites (tertiary alicyclic amines) is 1. The lowest BCUT2D eigenvalue weighted by molar-refractivity contribution is 0.0887. The standard InChI is InChI=1S/C23H29FN2O2/c1-27-20-12-8-19(9-13-20)26-17-23(28-21-10-6-18(24)7-11-21)22(26)16-25-14-4-2-3-5-15-25/h6-13,22-23H,2-5,14-17H2,1H3/t22-,23-/m1/s1. The Hall–Kier alpha value is -2.27. The van der Waals surface area contributed by atoms with Gasteiger partial charge in [-0.1, -0.05) is 12.8 Å². The number of halogens is 1. The number of anilines is 1. The van der Waals surface area contributed by atoms with Gasteiger partial charge < -0.3 is 19.3 Å². The van der Waals surface area contributed by atoms with Crippen molar-refractivity contribution in [2.24, 2.45) is 0 Å². The van der Waals surface area contributed by atoms with Crippen LogP contribution in [0.4, 0.5) is 10.1 Å². The topological polar surface area (TPSA) is 24.9 Å². The third-order valence-electron chi connectivity index (χ3n) is 5.86. The first-order valence-electron chi connectivity index (χ1n) is 10.3. The monoisotopic (exact) mass is 384 g/mol. The van der Waals surface area contributed by atoms with Crippen molar-refractivity contribution in [1.29, 1.82) is 0 Å². The Bertz CT molecular complexity index is 742. The van der Waals surface area contributed by atoms with Crippen LogP contribution in [0.15, 0.2) is 48.5 Å². The fourth-order valence-corrected chi connectivity index (χ4v) is 4.19. The maximum Gasteiger partial charge on any atom is 0.138 e. The average molecular weight is 384 g/mol. The van der Waals surface area contributed by atoms with Crippen LogP contribution >= 0.6 is 0 Å². The predicted molar refractivity (Wildman–Crippen MR) is 110 cm³/mol. The average Bonchev–Trinajstić information content (AvgIpc) is 2.99. The Morgan fingerprint density at radius 3 is 2.18 bits per heavy atom. The van der Waals surface area contributed by atoms with Crippen molar-refractivity contribution in [1.82, 2.24) is 4.90 Å². The van der Waals surface area contributed by atoms with Crippen LogP contribution in [-0.2, 0) is 0 Å². The summed E-state index contributed by atoms with van der Waals surface area (Å²) in [6.45, 7) is 4.16. The Morgan fingerprint density at radius 1 is 0.893 bits per heavy atom. The molecule has 2 saturated heterocycles. The van der Waals surface area contributed by atoms with Crippen LogP contribution in [0.5, 0.6) is 11.5 Å². The van der Waals surface area contributed by atoms with E-state index in [9.17, 15) is 4.39 Å². The van der Waals surface area contributed by atoms with E-state index in [1.54, 1.807) is 19.2 Å². The number of hydrogen-bond acceptors (Lipinski definition) is 4. The summed E-state index contributed by atoms with van der Waals surface area (Å²) in [6.07, 6.45) is 5.32. The van der Waals surface area contributed by atoms with Gasteiger partial charge in [-0.05, 0) is 74.5 Å². The smallest absolute Gasteiger partial charge is 0.138 e. The molecule has 28 heavy (non-hydrogen) atoms. The fourth-order valence-electron chi connectivity index (χ4n) is 4.19. The number of benzene rings is 2. The molecule has 2 aromatic carbocycles. The van der Waals surface area contributed by atoms with Gasteiger partial charge in [0.1, 0.15) is 23.4 Å². The molecule has 4 rings (SSSR count). The Labute approximate surface area is 166 Å². The van der Waals surface area contributed by atoms with Crippen molar-refractivity contribution in [2.75, 3.05) is 38.2 Å². The van der Waals surface area contributed by atoms with Crippen LogP contribution in [0.2, 0.25) is 0 Å². The van der Waals surface area contributed by atoms with E-state index < -0.39 is 0 Å². The van der Waals surface area contributed by atoms with Crippen molar-refractivity contribution < 1.29 is 13.9 Å². The molecule has 2 heterocycles. The lowest BCUT2D eigenvalue weighted by Crippen LogP contribution is -2.66. The van der Waals surface area contributed by atoms with Gasteiger partial charge in [-0.25, -0.2) is 4.39 Å². The summed E-state index contributed by atoms with van der Waals surface area (Å²) in [7, 11) is 1.69. The largest absolute Gasteiger partial charge is 0.497 e. The normalized spacial score (nSPS) is 23.0. The zero-order chi connectivity index (χ0) is 19.3. The van der Waals surface area contributed by atoms with Crippen molar-refractivity contribution >= 4 is 5.69 Å². The van der Waals surface area contributed by atoms with Crippen LogP contribution in [-0.4, -0.2) is 50.3 Å². The second kappa shape index (κ2) is 8.82. The minimum absolute atomic E-state index is 0.107. The summed E-state index contributed by atoms with van der Waals surface area (Å²) in [5.74, 6) is 1.37. The number of rotatable bonds is 6. The number of hydrogen-bond donors (Lipinski definition) is 0. The SMILES string of the molecule is COc1ccc(N2C[C@@H](Oc3ccc(F)cc3)[C@H]2CN2CCCCCC2)cc1. The molecule has 0 aliphatic carbocycles. The number of nitrogens with zero attached hydrogens (tertiary/aromatic N) is 2. The van der Waals surface area contributed by atoms with Gasteiger partial charge >= 0.3 is 0 Å². The van der Waals surface area contributed by atoms with Crippen LogP contribution in [0.3, 0.4) is 0 Å². The Kier molecular flexibility index (Phi) is 6.01. The van der Waals surface area contributed by atoms with E-state index in [0.29, 0.717) is 0 Å². The minimum atomic E-state index is -0.234. The second-order valence-electron chi connectivity index (χ2n) is 7.74. The van der Waals surface area contributed by atoms with Gasteiger partial charge in [-0.2, -0.15) is 0 Å². The molecule has 5 heteroatoms. The molecule has 0 amide bonds. The highest BCUT2D eigenvalue weighted by Gasteiger charge is 2.41. The molecular formula is C23H29FN2O2. The number of ether oxygens (including phenoxy) is 2. The Balaban J connectivity index is 1.48. The van der Waals surface area contributed by atoms with Crippen LogP contribution in [0, 0.1) is 5.82 Å². The first-order chi connectivity index (χ1) is 13.7. The molecule has 150 valence electrons. The molecule has 2 fully saturated rings. The molecule has 2 aromatic rings. The first-order valence-corrected chi connectivity index (χ1v) is 10.3. The Morgan fingerprint density at radius 2 is 1.54 bits per heavy atom. The zero-order valence-electron chi connectivity index (χ0n) is 16.5. The van der Waals surface area contributed by atoms with Gasteiger partial charge in [0.25, 0.3) is 0 Å². The molecule has 0 N–H and O–H groups in total. The van der Waals surface area contributed by atoms with Crippen molar-refractivity contribution in [3.05, 3.63) is 54.3 Å². The molecule has 0 bridgehead atoms. The van der Waals surface area contributed by atoms with E-state index in [2.05, 4.69) is 21.9 Å². The van der Waals surface area contributed by atoms with E-state index in [4.69, 9.17) is 9.47 Å². The maximum atomic E-state index is 13.2.